The van der Waals surface area contributed by atoms with E-state index in [4.69, 9.17) is 0 Å². The number of piperidine rings is 2. The maximum absolute atomic E-state index is 15.7. The average molecular weight is 270 g/mol. The monoisotopic (exact) mass is 270 g/mol. The van der Waals surface area contributed by atoms with Crippen LogP contribution in [0.2, 0.25) is 0 Å². The van der Waals surface area contributed by atoms with E-state index >= 15 is 4.39 Å². The lowest BCUT2D eigenvalue weighted by molar-refractivity contribution is -0.176. The number of hydrogen-bond acceptors (Lipinski definition) is 2. The molecular formula is C16H31FN2. The summed E-state index contributed by atoms with van der Waals surface area (Å²) in [6.45, 7) is 6.03. The Balaban J connectivity index is 2.00. The predicted molar refractivity (Wildman–Crippen MR) is 78.8 cm³/mol. The van der Waals surface area contributed by atoms with Crippen LogP contribution in [0.15, 0.2) is 0 Å². The topological polar surface area (TPSA) is 6.48 Å². The van der Waals surface area contributed by atoms with Gasteiger partial charge in [-0.2, -0.15) is 0 Å². The molecule has 0 unspecified atom stereocenters. The first-order valence-electron chi connectivity index (χ1n) is 8.46. The van der Waals surface area contributed by atoms with Crippen LogP contribution in [-0.2, 0) is 0 Å². The number of unbranched alkanes of at least 4 members (excludes halogenated alkanes) is 2. The Morgan fingerprint density at radius 2 is 1.26 bits per heavy atom. The highest BCUT2D eigenvalue weighted by Gasteiger charge is 2.42. The van der Waals surface area contributed by atoms with Gasteiger partial charge >= 0.3 is 0 Å². The summed E-state index contributed by atoms with van der Waals surface area (Å²) in [5.74, 6) is -1.14. The highest BCUT2D eigenvalue weighted by atomic mass is 19.2. The van der Waals surface area contributed by atoms with Crippen molar-refractivity contribution in [3.63, 3.8) is 0 Å². The van der Waals surface area contributed by atoms with E-state index in [-0.39, 0.29) is 0 Å². The van der Waals surface area contributed by atoms with E-state index in [1.807, 2.05) is 0 Å². The van der Waals surface area contributed by atoms with Crippen molar-refractivity contribution in [2.75, 3.05) is 26.2 Å². The quantitative estimate of drug-likeness (QED) is 0.528. The molecule has 2 aliphatic heterocycles. The fraction of sp³-hybridized carbons (Fsp3) is 1.00. The maximum Gasteiger partial charge on any atom is 0.220 e. The molecule has 0 spiro atoms. The summed E-state index contributed by atoms with van der Waals surface area (Å²) in [7, 11) is 0. The van der Waals surface area contributed by atoms with Crippen LogP contribution < -0.4 is 0 Å². The fourth-order valence-corrected chi connectivity index (χ4v) is 3.59. The van der Waals surface area contributed by atoms with Gasteiger partial charge in [0.25, 0.3) is 0 Å². The molecule has 2 rings (SSSR count). The van der Waals surface area contributed by atoms with Crippen LogP contribution in [0.5, 0.6) is 0 Å². The highest BCUT2D eigenvalue weighted by molar-refractivity contribution is 4.85. The lowest BCUT2D eigenvalue weighted by Gasteiger charge is -2.48. The lowest BCUT2D eigenvalue weighted by atomic mass is 10.0. The van der Waals surface area contributed by atoms with Gasteiger partial charge in [0, 0.05) is 32.6 Å². The van der Waals surface area contributed by atoms with Crippen molar-refractivity contribution in [2.45, 2.75) is 77.0 Å². The second-order valence-electron chi connectivity index (χ2n) is 6.27. The van der Waals surface area contributed by atoms with Gasteiger partial charge in [0.2, 0.25) is 5.92 Å². The van der Waals surface area contributed by atoms with Crippen molar-refractivity contribution in [1.29, 1.82) is 0 Å². The molecule has 2 aliphatic rings. The van der Waals surface area contributed by atoms with Crippen molar-refractivity contribution < 1.29 is 4.39 Å². The molecule has 0 radical (unpaired) electrons. The molecule has 2 heterocycles. The number of rotatable bonds is 6. The zero-order valence-corrected chi connectivity index (χ0v) is 12.7. The van der Waals surface area contributed by atoms with E-state index < -0.39 is 5.92 Å². The molecular weight excluding hydrogens is 239 g/mol. The normalized spacial score (nSPS) is 23.7. The van der Waals surface area contributed by atoms with Crippen molar-refractivity contribution in [3.8, 4) is 0 Å². The molecule has 3 heteroatoms. The third-order valence-corrected chi connectivity index (χ3v) is 4.78. The molecule has 19 heavy (non-hydrogen) atoms. The number of hydrogen-bond donors (Lipinski definition) is 0. The molecule has 0 aromatic carbocycles. The van der Waals surface area contributed by atoms with E-state index in [0.717, 1.165) is 39.0 Å². The van der Waals surface area contributed by atoms with E-state index in [0.29, 0.717) is 6.42 Å². The first-order valence-corrected chi connectivity index (χ1v) is 8.46. The summed E-state index contributed by atoms with van der Waals surface area (Å²) in [5.41, 5.74) is 0. The fourth-order valence-electron chi connectivity index (χ4n) is 3.59. The second kappa shape index (κ2) is 7.58. The van der Waals surface area contributed by atoms with Crippen LogP contribution >= 0.6 is 0 Å². The minimum Gasteiger partial charge on any atom is -0.259 e. The van der Waals surface area contributed by atoms with Crippen LogP contribution in [0.1, 0.15) is 71.1 Å². The summed E-state index contributed by atoms with van der Waals surface area (Å²) in [6, 6.07) is 0. The third-order valence-electron chi connectivity index (χ3n) is 4.78. The molecule has 0 N–H and O–H groups in total. The van der Waals surface area contributed by atoms with Gasteiger partial charge in [0.15, 0.2) is 0 Å². The SMILES string of the molecule is CCCCCC(F)(N1CCCCC1)N1CCCCC1. The van der Waals surface area contributed by atoms with Crippen LogP contribution in [0.25, 0.3) is 0 Å². The van der Waals surface area contributed by atoms with Crippen molar-refractivity contribution in [2.24, 2.45) is 0 Å². The van der Waals surface area contributed by atoms with Gasteiger partial charge < -0.3 is 0 Å². The Bertz CT molecular complexity index is 227. The molecule has 0 amide bonds. The van der Waals surface area contributed by atoms with E-state index in [1.165, 1.54) is 44.9 Å². The Kier molecular flexibility index (Phi) is 6.08. The molecule has 2 nitrogen and oxygen atoms in total. The zero-order chi connectivity index (χ0) is 13.6. The third kappa shape index (κ3) is 3.91. The summed E-state index contributed by atoms with van der Waals surface area (Å²) >= 11 is 0. The average Bonchev–Trinajstić information content (AvgIpc) is 2.49. The minimum atomic E-state index is -1.14. The Morgan fingerprint density at radius 1 is 0.789 bits per heavy atom. The van der Waals surface area contributed by atoms with Gasteiger partial charge in [-0.1, -0.05) is 32.6 Å². The van der Waals surface area contributed by atoms with Crippen LogP contribution in [0, 0.1) is 0 Å². The Hall–Kier alpha value is -0.150. The summed E-state index contributed by atoms with van der Waals surface area (Å²) in [6.07, 6.45) is 11.3. The minimum absolute atomic E-state index is 0.709. The molecule has 0 aromatic heterocycles. The van der Waals surface area contributed by atoms with Gasteiger partial charge in [-0.3, -0.25) is 9.80 Å². The van der Waals surface area contributed by atoms with E-state index in [2.05, 4.69) is 16.7 Å². The van der Waals surface area contributed by atoms with E-state index in [1.54, 1.807) is 0 Å². The molecule has 0 bridgehead atoms. The van der Waals surface area contributed by atoms with Crippen LogP contribution in [-0.4, -0.2) is 41.9 Å². The zero-order valence-electron chi connectivity index (χ0n) is 12.7. The molecule has 0 aromatic rings. The lowest BCUT2D eigenvalue weighted by Crippen LogP contribution is -2.60. The van der Waals surface area contributed by atoms with Gasteiger partial charge in [-0.05, 0) is 32.1 Å². The Labute approximate surface area is 118 Å². The van der Waals surface area contributed by atoms with Gasteiger partial charge in [0.1, 0.15) is 0 Å². The smallest absolute Gasteiger partial charge is 0.220 e. The number of likely N-dealkylation sites (tertiary alicyclic amines) is 2. The van der Waals surface area contributed by atoms with Crippen molar-refractivity contribution in [3.05, 3.63) is 0 Å². The van der Waals surface area contributed by atoms with Crippen LogP contribution in [0.4, 0.5) is 4.39 Å². The summed E-state index contributed by atoms with van der Waals surface area (Å²) in [5, 5.41) is 0. The van der Waals surface area contributed by atoms with Gasteiger partial charge in [0.05, 0.1) is 0 Å². The molecule has 0 saturated carbocycles. The molecule has 2 fully saturated rings. The number of nitrogens with zero attached hydrogens (tertiary/aromatic N) is 2. The number of halogens is 1. The maximum atomic E-state index is 15.7. The summed E-state index contributed by atoms with van der Waals surface area (Å²) in [4.78, 5) is 4.30. The number of alkyl halides is 1. The highest BCUT2D eigenvalue weighted by Crippen LogP contribution is 2.33. The first-order chi connectivity index (χ1) is 9.27. The predicted octanol–water partition coefficient (Wildman–Crippen LogP) is 4.16. The summed E-state index contributed by atoms with van der Waals surface area (Å²) < 4.78 is 15.7. The largest absolute Gasteiger partial charge is 0.259 e. The van der Waals surface area contributed by atoms with Crippen LogP contribution in [0.3, 0.4) is 0 Å². The molecule has 0 atom stereocenters. The second-order valence-corrected chi connectivity index (χ2v) is 6.27. The van der Waals surface area contributed by atoms with E-state index in [9.17, 15) is 0 Å². The van der Waals surface area contributed by atoms with Gasteiger partial charge in [-0.15, -0.1) is 0 Å². The first kappa shape index (κ1) is 15.2. The Morgan fingerprint density at radius 3 is 1.68 bits per heavy atom. The molecule has 0 aliphatic carbocycles. The van der Waals surface area contributed by atoms with Gasteiger partial charge in [-0.25, -0.2) is 4.39 Å². The molecule has 112 valence electrons. The standard InChI is InChI=1S/C16H31FN2/c1-2-3-6-11-16(17,18-12-7-4-8-13-18)19-14-9-5-10-15-19/h2-15H2,1H3. The van der Waals surface area contributed by atoms with Crippen molar-refractivity contribution >= 4 is 0 Å². The van der Waals surface area contributed by atoms with Crippen molar-refractivity contribution in [1.82, 2.24) is 9.80 Å². The molecule has 2 saturated heterocycles.